The van der Waals surface area contributed by atoms with Gasteiger partial charge in [-0.3, -0.25) is 19.7 Å². The zero-order valence-corrected chi connectivity index (χ0v) is 14.6. The maximum absolute atomic E-state index is 12.0. The second kappa shape index (κ2) is 8.93. The lowest BCUT2D eigenvalue weighted by Crippen LogP contribution is -2.35. The minimum atomic E-state index is -0.585. The zero-order chi connectivity index (χ0) is 19.1. The number of nitrogens with zero attached hydrogens (tertiary/aromatic N) is 2. The highest BCUT2D eigenvalue weighted by Crippen LogP contribution is 2.20. The molecule has 0 saturated carbocycles. The fourth-order valence-electron chi connectivity index (χ4n) is 1.86. The van der Waals surface area contributed by atoms with Crippen LogP contribution in [0.15, 0.2) is 47.6 Å². The Morgan fingerprint density at radius 2 is 1.96 bits per heavy atom. The summed E-state index contributed by atoms with van der Waals surface area (Å²) < 4.78 is 0. The van der Waals surface area contributed by atoms with Crippen LogP contribution in [-0.2, 0) is 4.79 Å². The minimum absolute atomic E-state index is 0.0917. The SMILES string of the molecule is O=C(CNC(=O)c1cc(Cl)ccc1Cl)N/N=C/c1cccc([N+](=O)[O-])c1. The first-order valence-corrected chi connectivity index (χ1v) is 7.92. The van der Waals surface area contributed by atoms with Crippen molar-refractivity contribution in [3.05, 3.63) is 73.8 Å². The number of non-ortho nitro benzene ring substituents is 1. The number of hydrogen-bond acceptors (Lipinski definition) is 5. The third-order valence-corrected chi connectivity index (χ3v) is 3.63. The molecule has 0 unspecified atom stereocenters. The van der Waals surface area contributed by atoms with Crippen molar-refractivity contribution in [1.29, 1.82) is 0 Å². The van der Waals surface area contributed by atoms with E-state index >= 15 is 0 Å². The molecule has 0 aromatic heterocycles. The van der Waals surface area contributed by atoms with Crippen molar-refractivity contribution in [1.82, 2.24) is 10.7 Å². The number of nitrogens with one attached hydrogen (secondary N) is 2. The van der Waals surface area contributed by atoms with Crippen LogP contribution in [0.4, 0.5) is 5.69 Å². The summed E-state index contributed by atoms with van der Waals surface area (Å²) in [6, 6.07) is 10.1. The average molecular weight is 395 g/mol. The highest BCUT2D eigenvalue weighted by atomic mass is 35.5. The third kappa shape index (κ3) is 5.54. The zero-order valence-electron chi connectivity index (χ0n) is 13.1. The predicted molar refractivity (Wildman–Crippen MR) is 97.6 cm³/mol. The molecule has 2 N–H and O–H groups in total. The van der Waals surface area contributed by atoms with E-state index in [2.05, 4.69) is 15.8 Å². The van der Waals surface area contributed by atoms with E-state index in [-0.39, 0.29) is 22.8 Å². The molecular formula is C16H12Cl2N4O4. The van der Waals surface area contributed by atoms with Gasteiger partial charge in [0.1, 0.15) is 0 Å². The first kappa shape index (κ1) is 19.4. The molecule has 0 aliphatic rings. The normalized spacial score (nSPS) is 10.5. The molecule has 26 heavy (non-hydrogen) atoms. The molecule has 2 rings (SSSR count). The third-order valence-electron chi connectivity index (χ3n) is 3.07. The van der Waals surface area contributed by atoms with Gasteiger partial charge < -0.3 is 5.32 Å². The molecule has 2 aromatic carbocycles. The number of halogens is 2. The van der Waals surface area contributed by atoms with E-state index in [0.29, 0.717) is 10.6 Å². The Morgan fingerprint density at radius 3 is 2.69 bits per heavy atom. The number of amides is 2. The van der Waals surface area contributed by atoms with E-state index in [1.807, 2.05) is 0 Å². The Kier molecular flexibility index (Phi) is 6.65. The quantitative estimate of drug-likeness (QED) is 0.445. The minimum Gasteiger partial charge on any atom is -0.343 e. The molecule has 0 heterocycles. The maximum atomic E-state index is 12.0. The average Bonchev–Trinajstić information content (AvgIpc) is 2.62. The summed E-state index contributed by atoms with van der Waals surface area (Å²) in [5.41, 5.74) is 2.69. The van der Waals surface area contributed by atoms with Crippen LogP contribution in [0, 0.1) is 10.1 Å². The summed E-state index contributed by atoms with van der Waals surface area (Å²) in [6.07, 6.45) is 1.25. The number of benzene rings is 2. The van der Waals surface area contributed by atoms with E-state index < -0.39 is 16.7 Å². The summed E-state index contributed by atoms with van der Waals surface area (Å²) in [7, 11) is 0. The second-order valence-corrected chi connectivity index (χ2v) is 5.80. The molecule has 0 fully saturated rings. The molecule has 0 bridgehead atoms. The van der Waals surface area contributed by atoms with Crippen molar-refractivity contribution < 1.29 is 14.5 Å². The van der Waals surface area contributed by atoms with Crippen molar-refractivity contribution in [3.63, 3.8) is 0 Å². The number of rotatable bonds is 6. The first-order valence-electron chi connectivity index (χ1n) is 7.16. The second-order valence-electron chi connectivity index (χ2n) is 4.95. The van der Waals surface area contributed by atoms with Crippen LogP contribution in [0.3, 0.4) is 0 Å². The van der Waals surface area contributed by atoms with Crippen molar-refractivity contribution in [2.24, 2.45) is 5.10 Å². The smallest absolute Gasteiger partial charge is 0.270 e. The van der Waals surface area contributed by atoms with Gasteiger partial charge >= 0.3 is 0 Å². The molecule has 134 valence electrons. The lowest BCUT2D eigenvalue weighted by atomic mass is 10.2. The van der Waals surface area contributed by atoms with E-state index in [9.17, 15) is 19.7 Å². The van der Waals surface area contributed by atoms with Crippen LogP contribution < -0.4 is 10.7 Å². The molecule has 0 aliphatic heterocycles. The van der Waals surface area contributed by atoms with Crippen LogP contribution in [-0.4, -0.2) is 29.5 Å². The first-order chi connectivity index (χ1) is 12.4. The predicted octanol–water partition coefficient (Wildman–Crippen LogP) is 2.78. The number of nitro groups is 1. The van der Waals surface area contributed by atoms with Crippen LogP contribution in [0.2, 0.25) is 10.0 Å². The summed E-state index contributed by atoms with van der Waals surface area (Å²) in [5.74, 6) is -1.14. The van der Waals surface area contributed by atoms with Gasteiger partial charge in [-0.15, -0.1) is 0 Å². The number of carbonyl (C=O) groups excluding carboxylic acids is 2. The molecule has 0 spiro atoms. The number of hydrazone groups is 1. The molecular weight excluding hydrogens is 383 g/mol. The molecule has 0 saturated heterocycles. The molecule has 2 amide bonds. The van der Waals surface area contributed by atoms with E-state index in [0.717, 1.165) is 0 Å². The number of hydrogen-bond donors (Lipinski definition) is 2. The molecule has 0 radical (unpaired) electrons. The molecule has 0 aliphatic carbocycles. The van der Waals surface area contributed by atoms with E-state index in [4.69, 9.17) is 23.2 Å². The molecule has 10 heteroatoms. The van der Waals surface area contributed by atoms with Gasteiger partial charge in [0, 0.05) is 22.7 Å². The Labute approximate surface area is 157 Å². The van der Waals surface area contributed by atoms with Gasteiger partial charge in [0.15, 0.2) is 0 Å². The van der Waals surface area contributed by atoms with Crippen molar-refractivity contribution in [3.8, 4) is 0 Å². The van der Waals surface area contributed by atoms with Crippen molar-refractivity contribution in [2.75, 3.05) is 6.54 Å². The van der Waals surface area contributed by atoms with Gasteiger partial charge in [0.25, 0.3) is 17.5 Å². The van der Waals surface area contributed by atoms with Gasteiger partial charge in [-0.1, -0.05) is 35.3 Å². The Morgan fingerprint density at radius 1 is 1.19 bits per heavy atom. The Balaban J connectivity index is 1.87. The van der Waals surface area contributed by atoms with Crippen molar-refractivity contribution in [2.45, 2.75) is 0 Å². The largest absolute Gasteiger partial charge is 0.343 e. The van der Waals surface area contributed by atoms with Crippen LogP contribution in [0.1, 0.15) is 15.9 Å². The summed E-state index contributed by atoms with van der Waals surface area (Å²) in [5, 5.41) is 17.3. The van der Waals surface area contributed by atoms with Gasteiger partial charge in [-0.2, -0.15) is 5.10 Å². The number of carbonyl (C=O) groups is 2. The van der Waals surface area contributed by atoms with Crippen LogP contribution >= 0.6 is 23.2 Å². The van der Waals surface area contributed by atoms with E-state index in [1.54, 1.807) is 6.07 Å². The highest BCUT2D eigenvalue weighted by Gasteiger charge is 2.12. The van der Waals surface area contributed by atoms with Gasteiger partial charge in [-0.05, 0) is 18.2 Å². The topological polar surface area (TPSA) is 114 Å². The molecule has 0 atom stereocenters. The monoisotopic (exact) mass is 394 g/mol. The fraction of sp³-hybridized carbons (Fsp3) is 0.0625. The maximum Gasteiger partial charge on any atom is 0.270 e. The lowest BCUT2D eigenvalue weighted by molar-refractivity contribution is -0.384. The van der Waals surface area contributed by atoms with E-state index in [1.165, 1.54) is 42.6 Å². The molecule has 8 nitrogen and oxygen atoms in total. The van der Waals surface area contributed by atoms with Gasteiger partial charge in [0.2, 0.25) is 0 Å². The highest BCUT2D eigenvalue weighted by molar-refractivity contribution is 6.35. The fourth-order valence-corrected chi connectivity index (χ4v) is 2.24. The van der Waals surface area contributed by atoms with Gasteiger partial charge in [-0.25, -0.2) is 5.43 Å². The van der Waals surface area contributed by atoms with Crippen LogP contribution in [0.25, 0.3) is 0 Å². The Bertz CT molecular complexity index is 886. The van der Waals surface area contributed by atoms with Crippen molar-refractivity contribution >= 4 is 46.9 Å². The molecule has 2 aromatic rings. The van der Waals surface area contributed by atoms with Crippen LogP contribution in [0.5, 0.6) is 0 Å². The summed E-state index contributed by atoms with van der Waals surface area (Å²) in [4.78, 5) is 33.8. The number of nitro benzene ring substituents is 1. The Hall–Kier alpha value is -2.97. The van der Waals surface area contributed by atoms with Gasteiger partial charge in [0.05, 0.1) is 28.3 Å². The summed E-state index contributed by atoms with van der Waals surface area (Å²) in [6.45, 7) is -0.339. The summed E-state index contributed by atoms with van der Waals surface area (Å²) >= 11 is 11.7. The lowest BCUT2D eigenvalue weighted by Gasteiger charge is -2.06. The standard InChI is InChI=1S/C16H12Cl2N4O4/c17-11-4-5-14(18)13(7-11)16(24)19-9-15(23)21-20-8-10-2-1-3-12(6-10)22(25)26/h1-8H,9H2,(H,19,24)(H,21,23)/b20-8+.